The number of carbonyl (C=O) groups is 2. The molecule has 0 radical (unpaired) electrons. The van der Waals surface area contributed by atoms with E-state index in [9.17, 15) is 19.8 Å². The summed E-state index contributed by atoms with van der Waals surface area (Å²) in [5.41, 5.74) is 10.5. The molecule has 7 rings (SSSR count). The summed E-state index contributed by atoms with van der Waals surface area (Å²) in [4.78, 5) is 42.8. The van der Waals surface area contributed by atoms with E-state index in [-0.39, 0.29) is 31.2 Å². The average molecular weight is 654 g/mol. The molecule has 0 aliphatic carbocycles. The summed E-state index contributed by atoms with van der Waals surface area (Å²) in [5.74, 6) is -0.164. The lowest BCUT2D eigenvalue weighted by Crippen LogP contribution is -2.37. The van der Waals surface area contributed by atoms with Crippen LogP contribution in [0, 0.1) is 0 Å². The Morgan fingerprint density at radius 2 is 1.55 bits per heavy atom. The lowest BCUT2D eigenvalue weighted by Gasteiger charge is -2.22. The van der Waals surface area contributed by atoms with Gasteiger partial charge in [0.1, 0.15) is 30.1 Å². The Morgan fingerprint density at radius 1 is 0.851 bits per heavy atom. The second kappa shape index (κ2) is 12.7. The molecule has 2 aliphatic rings. The van der Waals surface area contributed by atoms with E-state index in [4.69, 9.17) is 22.1 Å². The van der Waals surface area contributed by atoms with Crippen molar-refractivity contribution in [2.75, 3.05) is 12.3 Å². The number of carbonyl (C=O) groups excluding carboxylic acids is 2. The van der Waals surface area contributed by atoms with Crippen LogP contribution in [0.1, 0.15) is 23.8 Å². The number of aliphatic hydroxyl groups is 2. The Morgan fingerprint density at radius 3 is 2.30 bits per heavy atom. The largest absolute Gasteiger partial charge is 0.388 e. The van der Waals surface area contributed by atoms with Gasteiger partial charge in [-0.05, 0) is 40.8 Å². The molecule has 0 bridgehead atoms. The summed E-state index contributed by atoms with van der Waals surface area (Å²) >= 11 is 6.09. The molecule has 2 aliphatic heterocycles. The third kappa shape index (κ3) is 5.92. The van der Waals surface area contributed by atoms with E-state index in [2.05, 4.69) is 15.0 Å². The molecule has 5 atom stereocenters. The van der Waals surface area contributed by atoms with Crippen molar-refractivity contribution in [2.24, 2.45) is 0 Å². The van der Waals surface area contributed by atoms with Gasteiger partial charge in [-0.1, -0.05) is 78.3 Å². The maximum Gasteiger partial charge on any atom is 0.327 e. The first-order valence-corrected chi connectivity index (χ1v) is 15.6. The van der Waals surface area contributed by atoms with Crippen molar-refractivity contribution in [1.82, 2.24) is 29.3 Å². The molecule has 2 fully saturated rings. The number of nitrogens with zero attached hydrogens (tertiary/aromatic N) is 6. The van der Waals surface area contributed by atoms with Crippen molar-refractivity contribution in [2.45, 2.75) is 50.0 Å². The summed E-state index contributed by atoms with van der Waals surface area (Å²) in [5, 5.41) is 22.4. The first-order valence-electron chi connectivity index (χ1n) is 15.2. The van der Waals surface area contributed by atoms with Crippen LogP contribution in [0.2, 0.25) is 5.02 Å². The first kappa shape index (κ1) is 30.8. The van der Waals surface area contributed by atoms with Crippen LogP contribution in [0.4, 0.5) is 10.6 Å². The fourth-order valence-corrected chi connectivity index (χ4v) is 6.39. The molecule has 13 heteroatoms. The zero-order chi connectivity index (χ0) is 32.7. The first-order chi connectivity index (χ1) is 22.8. The maximum absolute atomic E-state index is 13.9. The van der Waals surface area contributed by atoms with Gasteiger partial charge in [-0.25, -0.2) is 19.7 Å². The summed E-state index contributed by atoms with van der Waals surface area (Å²) in [6, 6.07) is 24.0. The molecular formula is C34H32ClN7O5. The molecule has 0 spiro atoms. The van der Waals surface area contributed by atoms with Crippen molar-refractivity contribution in [3.63, 3.8) is 0 Å². The Labute approximate surface area is 275 Å². The lowest BCUT2D eigenvalue weighted by molar-refractivity contribution is -0.128. The number of fused-ring (bicyclic) bond motifs is 1. The van der Waals surface area contributed by atoms with Gasteiger partial charge >= 0.3 is 6.03 Å². The van der Waals surface area contributed by atoms with E-state index in [1.54, 1.807) is 17.0 Å². The molecule has 12 nitrogen and oxygen atoms in total. The molecule has 2 saturated heterocycles. The zero-order valence-electron chi connectivity index (χ0n) is 25.1. The highest BCUT2D eigenvalue weighted by atomic mass is 35.5. The maximum atomic E-state index is 13.9. The quantitative estimate of drug-likeness (QED) is 0.201. The summed E-state index contributed by atoms with van der Waals surface area (Å²) in [6.45, 7) is 0.201. The van der Waals surface area contributed by atoms with Crippen molar-refractivity contribution in [3.05, 3.63) is 108 Å². The molecule has 4 N–H and O–H groups in total. The van der Waals surface area contributed by atoms with Crippen LogP contribution < -0.4 is 5.73 Å². The molecule has 0 saturated carbocycles. The number of anilines is 1. The normalized spacial score (nSPS) is 22.9. The van der Waals surface area contributed by atoms with Gasteiger partial charge in [0.25, 0.3) is 5.91 Å². The molecule has 3 amide bonds. The molecule has 3 unspecified atom stereocenters. The molecule has 240 valence electrons. The van der Waals surface area contributed by atoms with Crippen LogP contribution in [0.5, 0.6) is 0 Å². The summed E-state index contributed by atoms with van der Waals surface area (Å²) in [7, 11) is 0. The number of halogens is 1. The number of aromatic nitrogens is 4. The second-order valence-electron chi connectivity index (χ2n) is 11.7. The van der Waals surface area contributed by atoms with E-state index < -0.39 is 36.6 Å². The highest BCUT2D eigenvalue weighted by Gasteiger charge is 2.48. The van der Waals surface area contributed by atoms with Crippen LogP contribution in [0.3, 0.4) is 0 Å². The number of urea groups is 1. The minimum Gasteiger partial charge on any atom is -0.388 e. The number of hydrogen-bond donors (Lipinski definition) is 3. The van der Waals surface area contributed by atoms with Gasteiger partial charge < -0.3 is 25.6 Å². The SMILES string of the molecule is Nc1ncnc2c1ncn2[C@@H]1OC(CCN2C(=O)C(Cc3ccc(-c4ccccc4)cc3)N(Cc3ccc(Cl)cc3)C2=O)C(O)[C@H]1O. The lowest BCUT2D eigenvalue weighted by atomic mass is 10.00. The number of rotatable bonds is 9. The predicted molar refractivity (Wildman–Crippen MR) is 174 cm³/mol. The van der Waals surface area contributed by atoms with Crippen LogP contribution in [-0.4, -0.2) is 82.4 Å². The van der Waals surface area contributed by atoms with Gasteiger partial charge in [-0.3, -0.25) is 14.3 Å². The predicted octanol–water partition coefficient (Wildman–Crippen LogP) is 3.81. The number of ether oxygens (including phenoxy) is 1. The van der Waals surface area contributed by atoms with Gasteiger partial charge in [0.15, 0.2) is 17.7 Å². The molecule has 4 heterocycles. The number of hydrogen-bond acceptors (Lipinski definition) is 9. The fourth-order valence-electron chi connectivity index (χ4n) is 6.26. The van der Waals surface area contributed by atoms with Crippen LogP contribution in [-0.2, 0) is 22.5 Å². The van der Waals surface area contributed by atoms with Gasteiger partial charge in [-0.2, -0.15) is 0 Å². The zero-order valence-corrected chi connectivity index (χ0v) is 25.9. The van der Waals surface area contributed by atoms with Gasteiger partial charge in [0, 0.05) is 24.5 Å². The van der Waals surface area contributed by atoms with E-state index in [0.29, 0.717) is 22.6 Å². The smallest absolute Gasteiger partial charge is 0.327 e. The number of imidazole rings is 1. The Bertz CT molecular complexity index is 1900. The minimum atomic E-state index is -1.31. The number of imide groups is 1. The van der Waals surface area contributed by atoms with E-state index >= 15 is 0 Å². The number of aliphatic hydroxyl groups excluding tert-OH is 2. The van der Waals surface area contributed by atoms with Crippen molar-refractivity contribution >= 4 is 40.5 Å². The van der Waals surface area contributed by atoms with E-state index in [1.165, 1.54) is 22.1 Å². The standard InChI is InChI=1S/C34H32ClN7O5/c35-24-12-8-21(9-13-24)17-41-25(16-20-6-10-23(11-7-20)22-4-2-1-3-5-22)32(45)40(34(41)46)15-14-26-28(43)29(44)33(47-26)42-19-39-27-30(36)37-18-38-31(27)42/h1-13,18-19,25-26,28-29,33,43-44H,14-17H2,(H2,36,37,38)/t25?,26?,28?,29-,33-/m1/s1. The Hall–Kier alpha value is -4.88. The molecule has 47 heavy (non-hydrogen) atoms. The van der Waals surface area contributed by atoms with Crippen molar-refractivity contribution in [3.8, 4) is 11.1 Å². The van der Waals surface area contributed by atoms with Crippen molar-refractivity contribution in [1.29, 1.82) is 0 Å². The van der Waals surface area contributed by atoms with Crippen LogP contribution >= 0.6 is 11.6 Å². The summed E-state index contributed by atoms with van der Waals surface area (Å²) < 4.78 is 7.55. The number of nitrogen functional groups attached to an aromatic ring is 1. The van der Waals surface area contributed by atoms with Crippen LogP contribution in [0.15, 0.2) is 91.5 Å². The molecular weight excluding hydrogens is 622 g/mol. The van der Waals surface area contributed by atoms with E-state index in [1.807, 2.05) is 66.7 Å². The monoisotopic (exact) mass is 653 g/mol. The third-order valence-corrected chi connectivity index (χ3v) is 9.05. The Balaban J connectivity index is 1.09. The van der Waals surface area contributed by atoms with Crippen molar-refractivity contribution < 1.29 is 24.5 Å². The number of benzene rings is 3. The van der Waals surface area contributed by atoms with Gasteiger partial charge in [-0.15, -0.1) is 0 Å². The van der Waals surface area contributed by atoms with Gasteiger partial charge in [0.2, 0.25) is 0 Å². The minimum absolute atomic E-state index is 0.0147. The second-order valence-corrected chi connectivity index (χ2v) is 12.2. The van der Waals surface area contributed by atoms with E-state index in [0.717, 1.165) is 22.3 Å². The molecule has 2 aromatic heterocycles. The van der Waals surface area contributed by atoms with Crippen LogP contribution in [0.25, 0.3) is 22.3 Å². The number of amides is 3. The molecule has 3 aromatic carbocycles. The fraction of sp³-hybridized carbons (Fsp3) is 0.265. The number of nitrogens with two attached hydrogens (primary N) is 1. The third-order valence-electron chi connectivity index (χ3n) is 8.80. The van der Waals surface area contributed by atoms with Gasteiger partial charge in [0.05, 0.1) is 12.4 Å². The highest BCUT2D eigenvalue weighted by molar-refractivity contribution is 6.30. The summed E-state index contributed by atoms with van der Waals surface area (Å²) in [6.07, 6.45) is -1.36. The Kier molecular flexibility index (Phi) is 8.33. The highest BCUT2D eigenvalue weighted by Crippen LogP contribution is 2.34. The average Bonchev–Trinajstić information content (AvgIpc) is 3.71. The molecule has 5 aromatic rings. The topological polar surface area (TPSA) is 160 Å².